The van der Waals surface area contributed by atoms with Crippen LogP contribution in [0.4, 0.5) is 4.39 Å². The molecule has 0 radical (unpaired) electrons. The normalized spacial score (nSPS) is 21.4. The van der Waals surface area contributed by atoms with Crippen molar-refractivity contribution < 1.29 is 4.39 Å². The van der Waals surface area contributed by atoms with Crippen molar-refractivity contribution in [2.45, 2.75) is 25.7 Å². The highest BCUT2D eigenvalue weighted by Gasteiger charge is 2.17. The molecule has 1 fully saturated rings. The third kappa shape index (κ3) is 1.80. The van der Waals surface area contributed by atoms with Gasteiger partial charge in [0.15, 0.2) is 0 Å². The molecule has 0 amide bonds. The van der Waals surface area contributed by atoms with Crippen molar-refractivity contribution in [1.29, 1.82) is 0 Å². The highest BCUT2D eigenvalue weighted by molar-refractivity contribution is 5.28. The molecular weight excluding hydrogens is 177 g/mol. The Balaban J connectivity index is 2.25. The first-order valence-electron chi connectivity index (χ1n) is 5.30. The minimum absolute atomic E-state index is 0.0674. The van der Waals surface area contributed by atoms with Crippen LogP contribution in [-0.4, -0.2) is 13.1 Å². The van der Waals surface area contributed by atoms with Crippen LogP contribution in [0.1, 0.15) is 30.4 Å². The summed E-state index contributed by atoms with van der Waals surface area (Å²) in [7, 11) is 0. The van der Waals surface area contributed by atoms with E-state index in [0.717, 1.165) is 25.1 Å². The Labute approximate surface area is 84.3 Å². The molecule has 1 N–H and O–H groups in total. The molecular formula is C12H16FN. The number of rotatable bonds is 2. The molecule has 0 spiro atoms. The molecule has 2 rings (SSSR count). The topological polar surface area (TPSA) is 12.0 Å². The maximum absolute atomic E-state index is 13.2. The Bertz CT molecular complexity index is 316. The van der Waals surface area contributed by atoms with Crippen molar-refractivity contribution >= 4 is 0 Å². The summed E-state index contributed by atoms with van der Waals surface area (Å²) in [6.07, 6.45) is 1.95. The summed E-state index contributed by atoms with van der Waals surface area (Å²) in [5, 5.41) is 3.33. The van der Waals surface area contributed by atoms with Gasteiger partial charge in [0.25, 0.3) is 0 Å². The molecule has 1 aromatic carbocycles. The van der Waals surface area contributed by atoms with Gasteiger partial charge in [0, 0.05) is 6.54 Å². The van der Waals surface area contributed by atoms with Crippen molar-refractivity contribution in [2.75, 3.05) is 13.1 Å². The van der Waals surface area contributed by atoms with E-state index in [4.69, 9.17) is 0 Å². The van der Waals surface area contributed by atoms with E-state index in [2.05, 4.69) is 5.32 Å². The summed E-state index contributed by atoms with van der Waals surface area (Å²) in [6, 6.07) is 5.55. The summed E-state index contributed by atoms with van der Waals surface area (Å²) in [6.45, 7) is 4.12. The van der Waals surface area contributed by atoms with Crippen molar-refractivity contribution in [3.05, 3.63) is 35.1 Å². The third-order valence-electron chi connectivity index (χ3n) is 2.98. The number of hydrogen-bond donors (Lipinski definition) is 1. The average Bonchev–Trinajstić information content (AvgIpc) is 2.71. The average molecular weight is 193 g/mol. The zero-order chi connectivity index (χ0) is 9.97. The van der Waals surface area contributed by atoms with E-state index >= 15 is 0 Å². The Morgan fingerprint density at radius 3 is 3.00 bits per heavy atom. The second kappa shape index (κ2) is 4.09. The van der Waals surface area contributed by atoms with Crippen LogP contribution >= 0.6 is 0 Å². The molecule has 1 saturated heterocycles. The zero-order valence-corrected chi connectivity index (χ0v) is 8.52. The Kier molecular flexibility index (Phi) is 2.82. The van der Waals surface area contributed by atoms with Crippen LogP contribution in [0.15, 0.2) is 18.2 Å². The SMILES string of the molecule is CCc1cc(C2CCNC2)ccc1F. The van der Waals surface area contributed by atoms with E-state index in [0.29, 0.717) is 5.92 Å². The number of hydrogen-bond acceptors (Lipinski definition) is 1. The lowest BCUT2D eigenvalue weighted by Gasteiger charge is -2.10. The highest BCUT2D eigenvalue weighted by Crippen LogP contribution is 2.24. The van der Waals surface area contributed by atoms with Crippen LogP contribution < -0.4 is 5.32 Å². The number of benzene rings is 1. The standard InChI is InChI=1S/C12H16FN/c1-2-9-7-10(3-4-12(9)13)11-5-6-14-8-11/h3-4,7,11,14H,2,5-6,8H2,1H3. The van der Waals surface area contributed by atoms with E-state index in [-0.39, 0.29) is 5.82 Å². The van der Waals surface area contributed by atoms with Gasteiger partial charge < -0.3 is 5.32 Å². The summed E-state index contributed by atoms with van der Waals surface area (Å²) < 4.78 is 13.2. The van der Waals surface area contributed by atoms with Crippen LogP contribution in [0.5, 0.6) is 0 Å². The molecule has 2 heteroatoms. The molecule has 1 atom stereocenters. The van der Waals surface area contributed by atoms with E-state index in [1.54, 1.807) is 6.07 Å². The number of halogens is 1. The van der Waals surface area contributed by atoms with E-state index in [1.165, 1.54) is 12.0 Å². The van der Waals surface area contributed by atoms with Gasteiger partial charge in [-0.15, -0.1) is 0 Å². The monoisotopic (exact) mass is 193 g/mol. The van der Waals surface area contributed by atoms with Crippen LogP contribution in [0.2, 0.25) is 0 Å². The Morgan fingerprint density at radius 2 is 2.36 bits per heavy atom. The van der Waals surface area contributed by atoms with E-state index in [1.807, 2.05) is 19.1 Å². The smallest absolute Gasteiger partial charge is 0.126 e. The summed E-state index contributed by atoms with van der Waals surface area (Å²) in [5.41, 5.74) is 2.13. The lowest BCUT2D eigenvalue weighted by molar-refractivity contribution is 0.609. The fourth-order valence-electron chi connectivity index (χ4n) is 2.06. The largest absolute Gasteiger partial charge is 0.316 e. The maximum atomic E-state index is 13.2. The molecule has 14 heavy (non-hydrogen) atoms. The van der Waals surface area contributed by atoms with Crippen molar-refractivity contribution in [3.8, 4) is 0 Å². The Hall–Kier alpha value is -0.890. The lowest BCUT2D eigenvalue weighted by Crippen LogP contribution is -2.08. The molecule has 1 unspecified atom stereocenters. The molecule has 1 nitrogen and oxygen atoms in total. The van der Waals surface area contributed by atoms with Gasteiger partial charge in [-0.1, -0.05) is 19.1 Å². The van der Waals surface area contributed by atoms with Gasteiger partial charge >= 0.3 is 0 Å². The van der Waals surface area contributed by atoms with Crippen molar-refractivity contribution in [3.63, 3.8) is 0 Å². The molecule has 0 saturated carbocycles. The van der Waals surface area contributed by atoms with E-state index in [9.17, 15) is 4.39 Å². The van der Waals surface area contributed by atoms with Crippen LogP contribution in [0.3, 0.4) is 0 Å². The van der Waals surface area contributed by atoms with Gasteiger partial charge in [0.2, 0.25) is 0 Å². The van der Waals surface area contributed by atoms with Gasteiger partial charge in [0.05, 0.1) is 0 Å². The van der Waals surface area contributed by atoms with Crippen LogP contribution in [0.25, 0.3) is 0 Å². The summed E-state index contributed by atoms with van der Waals surface area (Å²) in [5.74, 6) is 0.517. The second-order valence-electron chi connectivity index (χ2n) is 3.89. The summed E-state index contributed by atoms with van der Waals surface area (Å²) in [4.78, 5) is 0. The van der Waals surface area contributed by atoms with Crippen molar-refractivity contribution in [2.24, 2.45) is 0 Å². The van der Waals surface area contributed by atoms with Gasteiger partial charge in [-0.3, -0.25) is 0 Å². The molecule has 1 aliphatic heterocycles. The fraction of sp³-hybridized carbons (Fsp3) is 0.500. The third-order valence-corrected chi connectivity index (χ3v) is 2.98. The van der Waals surface area contributed by atoms with E-state index < -0.39 is 0 Å². The van der Waals surface area contributed by atoms with Gasteiger partial charge in [-0.2, -0.15) is 0 Å². The Morgan fingerprint density at radius 1 is 1.50 bits per heavy atom. The van der Waals surface area contributed by atoms with Crippen molar-refractivity contribution in [1.82, 2.24) is 5.32 Å². The van der Waals surface area contributed by atoms with Gasteiger partial charge in [0.1, 0.15) is 5.82 Å². The minimum Gasteiger partial charge on any atom is -0.316 e. The first kappa shape index (κ1) is 9.66. The summed E-state index contributed by atoms with van der Waals surface area (Å²) >= 11 is 0. The number of nitrogens with one attached hydrogen (secondary N) is 1. The lowest BCUT2D eigenvalue weighted by atomic mass is 9.96. The quantitative estimate of drug-likeness (QED) is 0.760. The van der Waals surface area contributed by atoms with Gasteiger partial charge in [-0.25, -0.2) is 4.39 Å². The first-order valence-corrected chi connectivity index (χ1v) is 5.30. The molecule has 1 heterocycles. The predicted octanol–water partition coefficient (Wildman–Crippen LogP) is 2.47. The molecule has 0 bridgehead atoms. The maximum Gasteiger partial charge on any atom is 0.126 e. The molecule has 1 aliphatic rings. The first-order chi connectivity index (χ1) is 6.81. The van der Waals surface area contributed by atoms with Crippen LogP contribution in [0, 0.1) is 5.82 Å². The molecule has 1 aromatic rings. The zero-order valence-electron chi connectivity index (χ0n) is 8.52. The fourth-order valence-corrected chi connectivity index (χ4v) is 2.06. The molecule has 0 aliphatic carbocycles. The van der Waals surface area contributed by atoms with Crippen LogP contribution in [-0.2, 0) is 6.42 Å². The van der Waals surface area contributed by atoms with Gasteiger partial charge in [-0.05, 0) is 42.5 Å². The minimum atomic E-state index is -0.0674. The highest BCUT2D eigenvalue weighted by atomic mass is 19.1. The predicted molar refractivity (Wildman–Crippen MR) is 56.0 cm³/mol. The molecule has 0 aromatic heterocycles. The second-order valence-corrected chi connectivity index (χ2v) is 3.89. The molecule has 76 valence electrons. The number of aryl methyl sites for hydroxylation is 1.